The summed E-state index contributed by atoms with van der Waals surface area (Å²) in [6.07, 6.45) is 0. The molecule has 0 aliphatic carbocycles. The van der Waals surface area contributed by atoms with Crippen molar-refractivity contribution in [3.8, 4) is 11.5 Å². The Hall–Kier alpha value is -4.88. The molecule has 2 unspecified atom stereocenters. The Morgan fingerprint density at radius 3 is 2.37 bits per heavy atom. The normalized spacial score (nSPS) is 18.6. The number of hydrogen-bond donors (Lipinski definition) is 2. The summed E-state index contributed by atoms with van der Waals surface area (Å²) < 4.78 is 11.6. The average Bonchev–Trinajstić information content (AvgIpc) is 3.48. The van der Waals surface area contributed by atoms with Gasteiger partial charge in [0.2, 0.25) is 17.7 Å². The van der Waals surface area contributed by atoms with Crippen molar-refractivity contribution in [2.45, 2.75) is 36.6 Å². The van der Waals surface area contributed by atoms with Crippen LogP contribution in [0.4, 0.5) is 11.4 Å². The highest BCUT2D eigenvalue weighted by atomic mass is 32.2. The number of methoxy groups -OCH3 is 1. The number of aryl methyl sites for hydroxylation is 1. The molecule has 46 heavy (non-hydrogen) atoms. The minimum Gasteiger partial charge on any atom is -0.504 e. The summed E-state index contributed by atoms with van der Waals surface area (Å²) in [5.41, 5.74) is 2.76. The standard InChI is InChI=1S/C33H29N3O8S2/c1-4-44-32(41)18-7-10-20(11-8-18)34-24(38)16-35-31-28(46-33(35)42)25(19-9-14-22(37)23(15-19)43-3)26-27(45-31)30(40)36(29(26)39)21-12-5-17(2)6-13-21/h5-15,25-27,37H,4,16H2,1-3H3,(H,34,38)/t25-,26?,27?/m0/s1. The number of nitrogens with one attached hydrogen (secondary N) is 1. The van der Waals surface area contributed by atoms with E-state index in [1.807, 2.05) is 19.1 Å². The third kappa shape index (κ3) is 5.56. The van der Waals surface area contributed by atoms with E-state index in [4.69, 9.17) is 9.47 Å². The Balaban J connectivity index is 1.36. The number of fused-ring (bicyclic) bond motifs is 2. The number of rotatable bonds is 8. The molecule has 0 saturated carbocycles. The van der Waals surface area contributed by atoms with Crippen molar-refractivity contribution in [3.05, 3.63) is 98.0 Å². The van der Waals surface area contributed by atoms with Gasteiger partial charge in [-0.05, 0) is 67.9 Å². The Kier molecular flexibility index (Phi) is 8.45. The highest BCUT2D eigenvalue weighted by molar-refractivity contribution is 8.00. The molecule has 3 aromatic carbocycles. The van der Waals surface area contributed by atoms with Crippen LogP contribution in [-0.4, -0.2) is 52.3 Å². The van der Waals surface area contributed by atoms with Crippen molar-refractivity contribution in [3.63, 3.8) is 0 Å². The van der Waals surface area contributed by atoms with E-state index >= 15 is 0 Å². The van der Waals surface area contributed by atoms with Gasteiger partial charge >= 0.3 is 10.8 Å². The van der Waals surface area contributed by atoms with Gasteiger partial charge in [0.1, 0.15) is 11.8 Å². The lowest BCUT2D eigenvalue weighted by Gasteiger charge is -2.31. The molecular formula is C33H29N3O8S2. The number of amides is 3. The highest BCUT2D eigenvalue weighted by Gasteiger charge is 2.57. The van der Waals surface area contributed by atoms with Gasteiger partial charge in [0.05, 0.1) is 35.9 Å². The average molecular weight is 660 g/mol. The van der Waals surface area contributed by atoms with E-state index in [9.17, 15) is 29.1 Å². The van der Waals surface area contributed by atoms with Crippen molar-refractivity contribution in [2.24, 2.45) is 5.92 Å². The van der Waals surface area contributed by atoms with E-state index in [1.165, 1.54) is 34.8 Å². The number of ether oxygens (including phenoxy) is 2. The Morgan fingerprint density at radius 1 is 0.978 bits per heavy atom. The first kappa shape index (κ1) is 31.1. The first-order chi connectivity index (χ1) is 22.1. The van der Waals surface area contributed by atoms with Crippen LogP contribution >= 0.6 is 23.1 Å². The first-order valence-electron chi connectivity index (χ1n) is 14.4. The number of thioether (sulfide) groups is 1. The van der Waals surface area contributed by atoms with Gasteiger partial charge < -0.3 is 19.9 Å². The number of carbonyl (C=O) groups excluding carboxylic acids is 4. The molecular weight excluding hydrogens is 631 g/mol. The van der Waals surface area contributed by atoms with E-state index < -0.39 is 45.6 Å². The molecule has 6 rings (SSSR count). The van der Waals surface area contributed by atoms with Gasteiger partial charge in [-0.3, -0.25) is 23.7 Å². The number of aromatic hydroxyl groups is 1. The van der Waals surface area contributed by atoms with E-state index in [-0.39, 0.29) is 24.7 Å². The summed E-state index contributed by atoms with van der Waals surface area (Å²) in [7, 11) is 1.41. The second-order valence-corrected chi connectivity index (χ2v) is 12.9. The third-order valence-electron chi connectivity index (χ3n) is 7.89. The highest BCUT2D eigenvalue weighted by Crippen LogP contribution is 2.54. The van der Waals surface area contributed by atoms with Crippen LogP contribution in [0.25, 0.3) is 0 Å². The van der Waals surface area contributed by atoms with Gasteiger partial charge in [0.15, 0.2) is 11.5 Å². The van der Waals surface area contributed by atoms with Crippen LogP contribution in [-0.2, 0) is 25.7 Å². The van der Waals surface area contributed by atoms with Crippen LogP contribution < -0.4 is 19.8 Å². The number of thiazole rings is 1. The molecule has 0 bridgehead atoms. The van der Waals surface area contributed by atoms with Crippen LogP contribution in [0.15, 0.2) is 76.6 Å². The van der Waals surface area contributed by atoms with Gasteiger partial charge in [-0.15, -0.1) is 0 Å². The lowest BCUT2D eigenvalue weighted by Crippen LogP contribution is -2.33. The third-order valence-corrected chi connectivity index (χ3v) is 10.5. The fraction of sp³-hybridized carbons (Fsp3) is 0.242. The summed E-state index contributed by atoms with van der Waals surface area (Å²) in [6.45, 7) is 3.51. The fourth-order valence-electron chi connectivity index (χ4n) is 5.70. The SMILES string of the molecule is CCOC(=O)c1ccc(NC(=O)Cn2c3c(sc2=O)[C@@H](c2ccc(O)c(OC)c2)C2C(=O)N(c4ccc(C)cc4)C(=O)C2S3)cc1. The molecule has 2 aliphatic rings. The molecule has 236 valence electrons. The first-order valence-corrected chi connectivity index (χ1v) is 16.1. The number of aromatic nitrogens is 1. The lowest BCUT2D eigenvalue weighted by atomic mass is 9.83. The molecule has 3 amide bonds. The molecule has 0 radical (unpaired) electrons. The quantitative estimate of drug-likeness (QED) is 0.206. The maximum atomic E-state index is 14.1. The van der Waals surface area contributed by atoms with Crippen LogP contribution in [0.5, 0.6) is 11.5 Å². The molecule has 4 aromatic rings. The summed E-state index contributed by atoms with van der Waals surface area (Å²) in [4.78, 5) is 67.9. The number of carbonyl (C=O) groups is 4. The van der Waals surface area contributed by atoms with E-state index in [2.05, 4.69) is 5.32 Å². The Morgan fingerprint density at radius 2 is 1.70 bits per heavy atom. The zero-order valence-corrected chi connectivity index (χ0v) is 26.6. The molecule has 3 heterocycles. The zero-order chi connectivity index (χ0) is 32.7. The number of nitrogens with zero attached hydrogens (tertiary/aromatic N) is 2. The van der Waals surface area contributed by atoms with Gasteiger partial charge in [0, 0.05) is 16.5 Å². The van der Waals surface area contributed by atoms with E-state index in [0.717, 1.165) is 28.7 Å². The maximum absolute atomic E-state index is 14.1. The number of benzene rings is 3. The largest absolute Gasteiger partial charge is 0.504 e. The summed E-state index contributed by atoms with van der Waals surface area (Å²) in [5, 5.41) is 12.6. The number of phenols is 1. The number of hydrogen-bond acceptors (Lipinski definition) is 10. The van der Waals surface area contributed by atoms with Crippen molar-refractivity contribution >= 4 is 58.2 Å². The van der Waals surface area contributed by atoms with Gasteiger partial charge in [0.25, 0.3) is 0 Å². The van der Waals surface area contributed by atoms with Crippen LogP contribution in [0, 0.1) is 12.8 Å². The molecule has 11 nitrogen and oxygen atoms in total. The topological polar surface area (TPSA) is 144 Å². The van der Waals surface area contributed by atoms with E-state index in [1.54, 1.807) is 43.3 Å². The van der Waals surface area contributed by atoms with Gasteiger partial charge in [-0.25, -0.2) is 9.69 Å². The number of phenolic OH excluding ortho intramolecular Hbond substituents is 1. The predicted molar refractivity (Wildman–Crippen MR) is 173 cm³/mol. The smallest absolute Gasteiger partial charge is 0.338 e. The van der Waals surface area contributed by atoms with Crippen LogP contribution in [0.3, 0.4) is 0 Å². The molecule has 0 spiro atoms. The van der Waals surface area contributed by atoms with E-state index in [0.29, 0.717) is 32.4 Å². The second kappa shape index (κ2) is 12.5. The van der Waals surface area contributed by atoms with Crippen LogP contribution in [0.2, 0.25) is 0 Å². The minimum absolute atomic E-state index is 0.0963. The summed E-state index contributed by atoms with van der Waals surface area (Å²) in [5.74, 6) is -3.27. The zero-order valence-electron chi connectivity index (χ0n) is 25.0. The molecule has 1 saturated heterocycles. The second-order valence-electron chi connectivity index (χ2n) is 10.8. The Labute approximate surface area is 271 Å². The molecule has 2 N–H and O–H groups in total. The predicted octanol–water partition coefficient (Wildman–Crippen LogP) is 4.54. The van der Waals surface area contributed by atoms with Gasteiger partial charge in [-0.2, -0.15) is 0 Å². The van der Waals surface area contributed by atoms with Gasteiger partial charge in [-0.1, -0.05) is 46.9 Å². The monoisotopic (exact) mass is 659 g/mol. The minimum atomic E-state index is -0.871. The van der Waals surface area contributed by atoms with Crippen molar-refractivity contribution in [1.29, 1.82) is 0 Å². The van der Waals surface area contributed by atoms with Crippen molar-refractivity contribution < 1.29 is 33.8 Å². The van der Waals surface area contributed by atoms with Crippen molar-refractivity contribution in [2.75, 3.05) is 23.9 Å². The molecule has 13 heteroatoms. The van der Waals surface area contributed by atoms with Crippen LogP contribution in [0.1, 0.15) is 39.2 Å². The molecule has 2 aliphatic heterocycles. The summed E-state index contributed by atoms with van der Waals surface area (Å²) >= 11 is 2.02. The van der Waals surface area contributed by atoms with Crippen molar-refractivity contribution in [1.82, 2.24) is 4.57 Å². The molecule has 1 aromatic heterocycles. The maximum Gasteiger partial charge on any atom is 0.338 e. The summed E-state index contributed by atoms with van der Waals surface area (Å²) in [6, 6.07) is 18.0. The Bertz CT molecular complexity index is 1920. The lowest BCUT2D eigenvalue weighted by molar-refractivity contribution is -0.122. The fourth-order valence-corrected chi connectivity index (χ4v) is 8.47. The number of esters is 1. The molecule has 3 atom stereocenters. The number of anilines is 2. The molecule has 1 fully saturated rings. The number of imide groups is 1.